The van der Waals surface area contributed by atoms with Gasteiger partial charge in [0.1, 0.15) is 6.29 Å². The lowest BCUT2D eigenvalue weighted by Crippen LogP contribution is -1.96. The van der Waals surface area contributed by atoms with E-state index in [9.17, 15) is 14.9 Å². The molecule has 0 aliphatic carbocycles. The first kappa shape index (κ1) is 18.8. The number of nitro groups is 1. The first-order chi connectivity index (χ1) is 13.1. The van der Waals surface area contributed by atoms with Crippen LogP contribution in [-0.2, 0) is 0 Å². The summed E-state index contributed by atoms with van der Waals surface area (Å²) in [6.45, 7) is 2.05. The molecule has 8 heteroatoms. The minimum atomic E-state index is -0.398. The van der Waals surface area contributed by atoms with E-state index in [0.717, 1.165) is 30.3 Å². The lowest BCUT2D eigenvalue weighted by Gasteiger charge is -2.13. The van der Waals surface area contributed by atoms with Gasteiger partial charge >= 0.3 is 0 Å². The molecular weight excluding hydrogens is 366 g/mol. The van der Waals surface area contributed by atoms with Crippen LogP contribution in [0.4, 0.5) is 5.69 Å². The second kappa shape index (κ2) is 8.59. The first-order valence-corrected chi connectivity index (χ1v) is 9.28. The fourth-order valence-electron chi connectivity index (χ4n) is 2.59. The van der Waals surface area contributed by atoms with Gasteiger partial charge in [-0.1, -0.05) is 49.4 Å². The van der Waals surface area contributed by atoms with Crippen molar-refractivity contribution in [2.45, 2.75) is 30.2 Å². The van der Waals surface area contributed by atoms with E-state index in [0.29, 0.717) is 16.7 Å². The van der Waals surface area contributed by atoms with E-state index in [1.54, 1.807) is 36.4 Å². The van der Waals surface area contributed by atoms with Crippen molar-refractivity contribution in [2.75, 3.05) is 0 Å². The zero-order chi connectivity index (χ0) is 19.2. The molecule has 0 aliphatic rings. The van der Waals surface area contributed by atoms with E-state index in [-0.39, 0.29) is 10.9 Å². The molecule has 138 valence electrons. The largest absolute Gasteiger partial charge is 0.411 e. The molecule has 1 aromatic heterocycles. The van der Waals surface area contributed by atoms with Gasteiger partial charge < -0.3 is 4.42 Å². The summed E-state index contributed by atoms with van der Waals surface area (Å²) in [4.78, 5) is 21.4. The number of aldehydes is 1. The molecule has 0 spiro atoms. The van der Waals surface area contributed by atoms with Crippen LogP contribution in [0, 0.1) is 10.1 Å². The Morgan fingerprint density at radius 3 is 2.67 bits per heavy atom. The predicted molar refractivity (Wildman–Crippen MR) is 102 cm³/mol. The summed E-state index contributed by atoms with van der Waals surface area (Å²) in [5, 5.41) is 19.5. The smallest absolute Gasteiger partial charge is 0.277 e. The van der Waals surface area contributed by atoms with E-state index in [2.05, 4.69) is 17.1 Å². The summed E-state index contributed by atoms with van der Waals surface area (Å²) in [5.74, 6) is 0.365. The van der Waals surface area contributed by atoms with Crippen LogP contribution in [-0.4, -0.2) is 21.4 Å². The van der Waals surface area contributed by atoms with Crippen molar-refractivity contribution < 1.29 is 14.1 Å². The van der Waals surface area contributed by atoms with Gasteiger partial charge in [0.15, 0.2) is 0 Å². The first-order valence-electron chi connectivity index (χ1n) is 8.41. The maximum absolute atomic E-state index is 11.0. The lowest BCUT2D eigenvalue weighted by atomic mass is 10.1. The molecule has 0 N–H and O–H groups in total. The molecule has 3 aromatic rings. The summed E-state index contributed by atoms with van der Waals surface area (Å²) >= 11 is 1.39. The number of nitrogens with zero attached hydrogens (tertiary/aromatic N) is 3. The van der Waals surface area contributed by atoms with Crippen molar-refractivity contribution in [1.82, 2.24) is 10.2 Å². The van der Waals surface area contributed by atoms with Crippen LogP contribution in [0.15, 0.2) is 58.2 Å². The molecular formula is C19H17N3O4S. The molecule has 0 aliphatic heterocycles. The highest BCUT2D eigenvalue weighted by molar-refractivity contribution is 7.99. The van der Waals surface area contributed by atoms with Crippen LogP contribution in [0.25, 0.3) is 11.5 Å². The van der Waals surface area contributed by atoms with Gasteiger partial charge in [0.05, 0.1) is 4.92 Å². The summed E-state index contributed by atoms with van der Waals surface area (Å²) in [7, 11) is 0. The minimum absolute atomic E-state index is 0.0272. The number of nitro benzene ring substituents is 1. The van der Waals surface area contributed by atoms with Gasteiger partial charge in [-0.05, 0) is 24.1 Å². The Labute approximate surface area is 160 Å². The number of carbonyl (C=O) groups is 1. The molecule has 7 nitrogen and oxygen atoms in total. The van der Waals surface area contributed by atoms with E-state index >= 15 is 0 Å². The van der Waals surface area contributed by atoms with Crippen LogP contribution >= 0.6 is 11.8 Å². The zero-order valence-corrected chi connectivity index (χ0v) is 15.4. The topological polar surface area (TPSA) is 99.1 Å². The number of thioether (sulfide) groups is 1. The third kappa shape index (κ3) is 4.59. The molecule has 0 amide bonds. The maximum Gasteiger partial charge on any atom is 0.277 e. The number of aromatic nitrogens is 2. The third-order valence-electron chi connectivity index (χ3n) is 3.95. The average molecular weight is 383 g/mol. The number of hydrogen-bond donors (Lipinski definition) is 0. The minimum Gasteiger partial charge on any atom is -0.411 e. The summed E-state index contributed by atoms with van der Waals surface area (Å²) in [5.41, 5.74) is 2.21. The molecule has 27 heavy (non-hydrogen) atoms. The van der Waals surface area contributed by atoms with E-state index < -0.39 is 4.92 Å². The highest BCUT2D eigenvalue weighted by Crippen LogP contribution is 2.39. The number of carbonyl (C=O) groups excluding carboxylic acids is 1. The SMILES string of the molecule is CCCC(Sc1nnc(-c2ccc(C=O)cc2)o1)c1cccc([N+](=O)[O-])c1. The Morgan fingerprint density at radius 1 is 1.22 bits per heavy atom. The van der Waals surface area contributed by atoms with Crippen molar-refractivity contribution in [3.8, 4) is 11.5 Å². The van der Waals surface area contributed by atoms with E-state index in [1.165, 1.54) is 17.8 Å². The molecule has 0 saturated heterocycles. The monoisotopic (exact) mass is 383 g/mol. The van der Waals surface area contributed by atoms with Gasteiger partial charge in [-0.2, -0.15) is 0 Å². The van der Waals surface area contributed by atoms with Crippen LogP contribution < -0.4 is 0 Å². The molecule has 2 aromatic carbocycles. The maximum atomic E-state index is 11.0. The number of hydrogen-bond acceptors (Lipinski definition) is 7. The summed E-state index contributed by atoms with van der Waals surface area (Å²) in [6, 6.07) is 13.5. The van der Waals surface area contributed by atoms with Gasteiger partial charge in [-0.15, -0.1) is 10.2 Å². The highest BCUT2D eigenvalue weighted by Gasteiger charge is 2.19. The Morgan fingerprint density at radius 2 is 2.00 bits per heavy atom. The standard InChI is InChI=1S/C19H17N3O4S/c1-2-4-17(15-5-3-6-16(11-15)22(24)25)27-19-21-20-18(26-19)14-9-7-13(12-23)8-10-14/h3,5-12,17H,2,4H2,1H3. The van der Waals surface area contributed by atoms with Crippen molar-refractivity contribution in [1.29, 1.82) is 0 Å². The molecule has 0 bridgehead atoms. The molecule has 0 radical (unpaired) electrons. The Bertz CT molecular complexity index is 940. The molecule has 1 atom stereocenters. The van der Waals surface area contributed by atoms with Crippen molar-refractivity contribution in [2.24, 2.45) is 0 Å². The van der Waals surface area contributed by atoms with Gasteiger partial charge in [0.25, 0.3) is 10.9 Å². The number of benzene rings is 2. The van der Waals surface area contributed by atoms with Gasteiger partial charge in [0.2, 0.25) is 5.89 Å². The molecule has 0 fully saturated rings. The quantitative estimate of drug-likeness (QED) is 0.231. The summed E-state index contributed by atoms with van der Waals surface area (Å²) < 4.78 is 5.74. The highest BCUT2D eigenvalue weighted by atomic mass is 32.2. The molecule has 0 saturated carbocycles. The van der Waals surface area contributed by atoms with Crippen molar-refractivity contribution >= 4 is 23.7 Å². The van der Waals surface area contributed by atoms with Crippen molar-refractivity contribution in [3.63, 3.8) is 0 Å². The molecule has 3 rings (SSSR count). The van der Waals surface area contributed by atoms with E-state index in [4.69, 9.17) is 4.42 Å². The second-order valence-electron chi connectivity index (χ2n) is 5.86. The van der Waals surface area contributed by atoms with Crippen LogP contribution in [0.2, 0.25) is 0 Å². The second-order valence-corrected chi connectivity index (χ2v) is 7.01. The average Bonchev–Trinajstić information content (AvgIpc) is 3.16. The van der Waals surface area contributed by atoms with Gasteiger partial charge in [0, 0.05) is 28.5 Å². The van der Waals surface area contributed by atoms with Crippen LogP contribution in [0.1, 0.15) is 40.9 Å². The Hall–Kier alpha value is -3.00. The van der Waals surface area contributed by atoms with Crippen LogP contribution in [0.3, 0.4) is 0 Å². The number of non-ortho nitro benzene ring substituents is 1. The Kier molecular flexibility index (Phi) is 5.97. The predicted octanol–water partition coefficient (Wildman–Crippen LogP) is 5.09. The zero-order valence-electron chi connectivity index (χ0n) is 14.6. The number of rotatable bonds is 8. The van der Waals surface area contributed by atoms with Gasteiger partial charge in [-0.3, -0.25) is 14.9 Å². The van der Waals surface area contributed by atoms with Gasteiger partial charge in [-0.25, -0.2) is 0 Å². The third-order valence-corrected chi connectivity index (χ3v) is 5.11. The summed E-state index contributed by atoms with van der Waals surface area (Å²) in [6.07, 6.45) is 2.50. The normalized spacial score (nSPS) is 11.9. The van der Waals surface area contributed by atoms with Crippen LogP contribution in [0.5, 0.6) is 0 Å². The lowest BCUT2D eigenvalue weighted by molar-refractivity contribution is -0.384. The molecule has 1 heterocycles. The Balaban J connectivity index is 1.81. The fourth-order valence-corrected chi connectivity index (χ4v) is 3.69. The van der Waals surface area contributed by atoms with E-state index in [1.807, 2.05) is 6.07 Å². The van der Waals surface area contributed by atoms with Crippen molar-refractivity contribution in [3.05, 3.63) is 69.8 Å². The fraction of sp³-hybridized carbons (Fsp3) is 0.211. The molecule has 1 unspecified atom stereocenters.